The van der Waals surface area contributed by atoms with Crippen LogP contribution in [0.1, 0.15) is 26.3 Å². The third kappa shape index (κ3) is 6.62. The normalized spacial score (nSPS) is 12.4. The molecule has 0 heterocycles. The van der Waals surface area contributed by atoms with Crippen LogP contribution in [-0.2, 0) is 14.3 Å². The van der Waals surface area contributed by atoms with E-state index in [0.29, 0.717) is 6.61 Å². The lowest BCUT2D eigenvalue weighted by atomic mass is 10.2. The van der Waals surface area contributed by atoms with E-state index in [2.05, 4.69) is 0 Å². The van der Waals surface area contributed by atoms with Gasteiger partial charge in [0, 0.05) is 13.5 Å². The van der Waals surface area contributed by atoms with Gasteiger partial charge in [-0.2, -0.15) is 0 Å². The van der Waals surface area contributed by atoms with Crippen molar-refractivity contribution in [3.05, 3.63) is 35.9 Å². The third-order valence-electron chi connectivity index (χ3n) is 2.28. The van der Waals surface area contributed by atoms with Crippen molar-refractivity contribution in [3.63, 3.8) is 0 Å². The third-order valence-corrected chi connectivity index (χ3v) is 2.28. The zero-order valence-corrected chi connectivity index (χ0v) is 11.6. The second-order valence-corrected chi connectivity index (χ2v) is 3.91. The molecule has 0 aliphatic carbocycles. The van der Waals surface area contributed by atoms with E-state index in [1.807, 2.05) is 44.2 Å². The molecule has 4 nitrogen and oxygen atoms in total. The van der Waals surface area contributed by atoms with Gasteiger partial charge in [-0.25, -0.2) is 0 Å². The summed E-state index contributed by atoms with van der Waals surface area (Å²) in [6.07, 6.45) is 3.43. The van der Waals surface area contributed by atoms with Gasteiger partial charge in [-0.15, -0.1) is 0 Å². The van der Waals surface area contributed by atoms with Gasteiger partial charge in [0.1, 0.15) is 12.4 Å². The molecule has 0 N–H and O–H groups in total. The van der Waals surface area contributed by atoms with Gasteiger partial charge in [-0.3, -0.25) is 4.79 Å². The Morgan fingerprint density at radius 1 is 1.32 bits per heavy atom. The van der Waals surface area contributed by atoms with Crippen molar-refractivity contribution in [1.82, 2.24) is 0 Å². The Morgan fingerprint density at radius 3 is 2.58 bits per heavy atom. The highest BCUT2D eigenvalue weighted by atomic mass is 16.7. The first-order valence-corrected chi connectivity index (χ1v) is 6.30. The molecule has 0 fully saturated rings. The van der Waals surface area contributed by atoms with E-state index in [0.717, 1.165) is 11.3 Å². The molecule has 4 heteroatoms. The van der Waals surface area contributed by atoms with Gasteiger partial charge in [0.25, 0.3) is 0 Å². The summed E-state index contributed by atoms with van der Waals surface area (Å²) in [5.41, 5.74) is 1.02. The lowest BCUT2D eigenvalue weighted by Crippen LogP contribution is -2.15. The lowest BCUT2D eigenvalue weighted by molar-refractivity contribution is -0.139. The minimum Gasteiger partial charge on any atom is -0.465 e. The molecule has 1 aromatic rings. The van der Waals surface area contributed by atoms with Crippen LogP contribution in [0.15, 0.2) is 30.3 Å². The number of benzene rings is 1. The van der Waals surface area contributed by atoms with Crippen molar-refractivity contribution >= 4 is 12.0 Å². The summed E-state index contributed by atoms with van der Waals surface area (Å²) in [6.45, 7) is 6.08. The molecule has 1 aromatic carbocycles. The minimum atomic E-state index is -0.279. The SMILES string of the molecule is CCOC(C)Oc1ccc(/C=C\COC(C)=O)cc1. The summed E-state index contributed by atoms with van der Waals surface area (Å²) in [7, 11) is 0. The number of hydrogen-bond acceptors (Lipinski definition) is 4. The van der Waals surface area contributed by atoms with Crippen LogP contribution in [-0.4, -0.2) is 25.5 Å². The van der Waals surface area contributed by atoms with Gasteiger partial charge in [-0.1, -0.05) is 18.2 Å². The van der Waals surface area contributed by atoms with Crippen molar-refractivity contribution in [2.75, 3.05) is 13.2 Å². The van der Waals surface area contributed by atoms with E-state index >= 15 is 0 Å². The van der Waals surface area contributed by atoms with E-state index < -0.39 is 0 Å². The van der Waals surface area contributed by atoms with E-state index in [9.17, 15) is 4.79 Å². The molecule has 0 saturated carbocycles. The first kappa shape index (κ1) is 15.2. The fourth-order valence-electron chi connectivity index (χ4n) is 1.47. The van der Waals surface area contributed by atoms with Crippen molar-refractivity contribution in [2.45, 2.75) is 27.1 Å². The highest BCUT2D eigenvalue weighted by Gasteiger charge is 2.01. The first-order valence-electron chi connectivity index (χ1n) is 6.30. The number of hydrogen-bond donors (Lipinski definition) is 0. The van der Waals surface area contributed by atoms with Crippen LogP contribution in [0, 0.1) is 0 Å². The number of carbonyl (C=O) groups is 1. The molecule has 1 atom stereocenters. The van der Waals surface area contributed by atoms with Gasteiger partial charge in [0.2, 0.25) is 0 Å². The standard InChI is InChI=1S/C15H20O4/c1-4-17-13(3)19-15-9-7-14(8-10-15)6-5-11-18-12(2)16/h5-10,13H,4,11H2,1-3H3/b6-5-. The highest BCUT2D eigenvalue weighted by molar-refractivity contribution is 5.66. The molecule has 0 saturated heterocycles. The quantitative estimate of drug-likeness (QED) is 0.561. The molecule has 0 spiro atoms. The van der Waals surface area contributed by atoms with Crippen LogP contribution in [0.25, 0.3) is 6.08 Å². The maximum atomic E-state index is 10.6. The number of esters is 1. The van der Waals surface area contributed by atoms with Crippen LogP contribution < -0.4 is 4.74 Å². The summed E-state index contributed by atoms with van der Waals surface area (Å²) < 4.78 is 15.6. The largest absolute Gasteiger partial charge is 0.465 e. The van der Waals surface area contributed by atoms with Crippen LogP contribution in [0.2, 0.25) is 0 Å². The Morgan fingerprint density at radius 2 is 2.00 bits per heavy atom. The average Bonchev–Trinajstić information content (AvgIpc) is 2.36. The number of rotatable bonds is 7. The Balaban J connectivity index is 2.45. The number of ether oxygens (including phenoxy) is 3. The maximum Gasteiger partial charge on any atom is 0.302 e. The average molecular weight is 264 g/mol. The van der Waals surface area contributed by atoms with Gasteiger partial charge >= 0.3 is 5.97 Å². The maximum absolute atomic E-state index is 10.6. The van der Waals surface area contributed by atoms with Crippen molar-refractivity contribution in [3.8, 4) is 5.75 Å². The van der Waals surface area contributed by atoms with Crippen molar-refractivity contribution in [1.29, 1.82) is 0 Å². The summed E-state index contributed by atoms with van der Waals surface area (Å²) in [4.78, 5) is 10.6. The molecule has 0 aromatic heterocycles. The van der Waals surface area contributed by atoms with Gasteiger partial charge in [0.05, 0.1) is 0 Å². The van der Waals surface area contributed by atoms with Crippen molar-refractivity contribution < 1.29 is 19.0 Å². The van der Waals surface area contributed by atoms with E-state index in [1.54, 1.807) is 6.08 Å². The smallest absolute Gasteiger partial charge is 0.302 e. The molecule has 0 amide bonds. The van der Waals surface area contributed by atoms with Gasteiger partial charge in [0.15, 0.2) is 6.29 Å². The van der Waals surface area contributed by atoms with E-state index in [1.165, 1.54) is 6.92 Å². The Labute approximate surface area is 114 Å². The van der Waals surface area contributed by atoms with Crippen molar-refractivity contribution in [2.24, 2.45) is 0 Å². The lowest BCUT2D eigenvalue weighted by Gasteiger charge is -2.14. The highest BCUT2D eigenvalue weighted by Crippen LogP contribution is 2.15. The molecule has 0 aliphatic rings. The summed E-state index contributed by atoms with van der Waals surface area (Å²) in [6, 6.07) is 7.61. The van der Waals surface area contributed by atoms with E-state index in [-0.39, 0.29) is 18.9 Å². The summed E-state index contributed by atoms with van der Waals surface area (Å²) in [5.74, 6) is 0.483. The fraction of sp³-hybridized carbons (Fsp3) is 0.400. The molecule has 0 radical (unpaired) electrons. The van der Waals surface area contributed by atoms with Crippen LogP contribution >= 0.6 is 0 Å². The zero-order valence-electron chi connectivity index (χ0n) is 11.6. The second kappa shape index (κ2) is 8.32. The number of carbonyl (C=O) groups excluding carboxylic acids is 1. The topological polar surface area (TPSA) is 44.8 Å². The summed E-state index contributed by atoms with van der Waals surface area (Å²) >= 11 is 0. The van der Waals surface area contributed by atoms with Crippen LogP contribution in [0.5, 0.6) is 5.75 Å². The molecule has 1 unspecified atom stereocenters. The zero-order chi connectivity index (χ0) is 14.1. The minimum absolute atomic E-state index is 0.254. The van der Waals surface area contributed by atoms with E-state index in [4.69, 9.17) is 14.2 Å². The molecular weight excluding hydrogens is 244 g/mol. The molecule has 1 rings (SSSR count). The Kier molecular flexibility index (Phi) is 6.68. The van der Waals surface area contributed by atoms with Crippen LogP contribution in [0.3, 0.4) is 0 Å². The molecule has 19 heavy (non-hydrogen) atoms. The predicted molar refractivity (Wildman–Crippen MR) is 73.8 cm³/mol. The first-order chi connectivity index (χ1) is 9.11. The van der Waals surface area contributed by atoms with Gasteiger partial charge in [-0.05, 0) is 37.6 Å². The molecular formula is C15H20O4. The second-order valence-electron chi connectivity index (χ2n) is 3.91. The Hall–Kier alpha value is -1.81. The monoisotopic (exact) mass is 264 g/mol. The fourth-order valence-corrected chi connectivity index (χ4v) is 1.47. The Bertz CT molecular complexity index is 409. The summed E-state index contributed by atoms with van der Waals surface area (Å²) in [5, 5.41) is 0. The predicted octanol–water partition coefficient (Wildman–Crippen LogP) is 3.02. The molecule has 0 bridgehead atoms. The van der Waals surface area contributed by atoms with Crippen LogP contribution in [0.4, 0.5) is 0 Å². The molecule has 0 aliphatic heterocycles. The molecule has 104 valence electrons. The van der Waals surface area contributed by atoms with Gasteiger partial charge < -0.3 is 14.2 Å².